The van der Waals surface area contributed by atoms with Gasteiger partial charge in [-0.2, -0.15) is 5.10 Å². The molecule has 2 rings (SSSR count). The van der Waals surface area contributed by atoms with Crippen molar-refractivity contribution in [3.8, 4) is 0 Å². The fraction of sp³-hybridized carbons (Fsp3) is 0.214. The third-order valence-electron chi connectivity index (χ3n) is 2.68. The third-order valence-corrected chi connectivity index (χ3v) is 2.68. The highest BCUT2D eigenvalue weighted by Gasteiger charge is 2.07. The maximum atomic E-state index is 11.8. The highest BCUT2D eigenvalue weighted by atomic mass is 16.1. The molecule has 1 heterocycles. The zero-order valence-electron chi connectivity index (χ0n) is 10.9. The van der Waals surface area contributed by atoms with Gasteiger partial charge in [-0.15, -0.1) is 0 Å². The van der Waals surface area contributed by atoms with E-state index in [-0.39, 0.29) is 18.1 Å². The molecule has 0 aliphatic rings. The molecule has 98 valence electrons. The van der Waals surface area contributed by atoms with Gasteiger partial charge in [-0.25, -0.2) is 0 Å². The number of benzene rings is 1. The van der Waals surface area contributed by atoms with E-state index in [0.717, 1.165) is 5.69 Å². The zero-order chi connectivity index (χ0) is 13.8. The van der Waals surface area contributed by atoms with Gasteiger partial charge < -0.3 is 5.32 Å². The Morgan fingerprint density at radius 3 is 2.47 bits per heavy atom. The molecule has 19 heavy (non-hydrogen) atoms. The SMILES string of the molecule is CC(=O)c1ccc(NC(=O)Cc2cc(C)[nH]n2)cc1. The van der Waals surface area contributed by atoms with E-state index < -0.39 is 0 Å². The second-order valence-electron chi connectivity index (χ2n) is 4.40. The summed E-state index contributed by atoms with van der Waals surface area (Å²) in [6.45, 7) is 3.39. The van der Waals surface area contributed by atoms with Crippen molar-refractivity contribution >= 4 is 17.4 Å². The van der Waals surface area contributed by atoms with Crippen LogP contribution >= 0.6 is 0 Å². The van der Waals surface area contributed by atoms with Gasteiger partial charge in [-0.3, -0.25) is 14.7 Å². The Morgan fingerprint density at radius 2 is 1.95 bits per heavy atom. The first-order valence-corrected chi connectivity index (χ1v) is 5.96. The van der Waals surface area contributed by atoms with Gasteiger partial charge in [-0.05, 0) is 44.2 Å². The molecule has 0 unspecified atom stereocenters. The number of anilines is 1. The molecule has 0 saturated carbocycles. The summed E-state index contributed by atoms with van der Waals surface area (Å²) in [5.41, 5.74) is 2.92. The molecule has 2 N–H and O–H groups in total. The summed E-state index contributed by atoms with van der Waals surface area (Å²) in [6, 6.07) is 8.64. The van der Waals surface area contributed by atoms with E-state index in [1.165, 1.54) is 6.92 Å². The molecular weight excluding hydrogens is 242 g/mol. The van der Waals surface area contributed by atoms with Crippen LogP contribution in [-0.4, -0.2) is 21.9 Å². The number of nitrogens with zero attached hydrogens (tertiary/aromatic N) is 1. The number of nitrogens with one attached hydrogen (secondary N) is 2. The molecule has 1 aromatic carbocycles. The summed E-state index contributed by atoms with van der Waals surface area (Å²) in [6.07, 6.45) is 0.221. The van der Waals surface area contributed by atoms with Gasteiger partial charge in [0.25, 0.3) is 0 Å². The van der Waals surface area contributed by atoms with Crippen molar-refractivity contribution in [1.29, 1.82) is 0 Å². The summed E-state index contributed by atoms with van der Waals surface area (Å²) >= 11 is 0. The molecule has 0 aliphatic heterocycles. The van der Waals surface area contributed by atoms with Crippen LogP contribution in [0.15, 0.2) is 30.3 Å². The Morgan fingerprint density at radius 1 is 1.26 bits per heavy atom. The van der Waals surface area contributed by atoms with Crippen molar-refractivity contribution in [3.05, 3.63) is 47.3 Å². The number of aromatic nitrogens is 2. The van der Waals surface area contributed by atoms with Crippen LogP contribution in [0, 0.1) is 6.92 Å². The first-order chi connectivity index (χ1) is 9.04. The molecule has 0 saturated heterocycles. The Balaban J connectivity index is 1.97. The molecule has 0 spiro atoms. The van der Waals surface area contributed by atoms with Crippen molar-refractivity contribution in [1.82, 2.24) is 10.2 Å². The zero-order valence-corrected chi connectivity index (χ0v) is 10.9. The fourth-order valence-electron chi connectivity index (χ4n) is 1.72. The van der Waals surface area contributed by atoms with E-state index in [9.17, 15) is 9.59 Å². The highest BCUT2D eigenvalue weighted by molar-refractivity contribution is 5.96. The van der Waals surface area contributed by atoms with Gasteiger partial charge in [0.2, 0.25) is 5.91 Å². The topological polar surface area (TPSA) is 74.8 Å². The Bertz CT molecular complexity index is 599. The van der Waals surface area contributed by atoms with Crippen LogP contribution in [0.2, 0.25) is 0 Å². The van der Waals surface area contributed by atoms with Gasteiger partial charge in [0.15, 0.2) is 5.78 Å². The number of ketones is 1. The van der Waals surface area contributed by atoms with E-state index in [1.807, 2.05) is 13.0 Å². The predicted octanol–water partition coefficient (Wildman–Crippen LogP) is 2.10. The molecule has 1 aromatic heterocycles. The van der Waals surface area contributed by atoms with Gasteiger partial charge >= 0.3 is 0 Å². The lowest BCUT2D eigenvalue weighted by Crippen LogP contribution is -2.14. The molecule has 0 atom stereocenters. The van der Waals surface area contributed by atoms with E-state index >= 15 is 0 Å². The Hall–Kier alpha value is -2.43. The standard InChI is InChI=1S/C14H15N3O2/c1-9-7-13(17-16-9)8-14(19)15-12-5-3-11(4-6-12)10(2)18/h3-7H,8H2,1-2H3,(H,15,19)(H,16,17). The van der Waals surface area contributed by atoms with Crippen molar-refractivity contribution in [2.45, 2.75) is 20.3 Å². The quantitative estimate of drug-likeness (QED) is 0.824. The van der Waals surface area contributed by atoms with Crippen LogP contribution in [0.25, 0.3) is 0 Å². The number of carbonyl (C=O) groups excluding carboxylic acids is 2. The molecule has 5 heteroatoms. The number of aryl methyl sites for hydroxylation is 1. The largest absolute Gasteiger partial charge is 0.326 e. The van der Waals surface area contributed by atoms with Crippen molar-refractivity contribution < 1.29 is 9.59 Å². The van der Waals surface area contributed by atoms with Crippen LogP contribution in [0.1, 0.15) is 28.7 Å². The number of aromatic amines is 1. The lowest BCUT2D eigenvalue weighted by molar-refractivity contribution is -0.115. The number of H-pyrrole nitrogens is 1. The summed E-state index contributed by atoms with van der Waals surface area (Å²) in [7, 11) is 0. The second kappa shape index (κ2) is 5.48. The lowest BCUT2D eigenvalue weighted by atomic mass is 10.1. The second-order valence-corrected chi connectivity index (χ2v) is 4.40. The monoisotopic (exact) mass is 257 g/mol. The van der Waals surface area contributed by atoms with Gasteiger partial charge in [-0.1, -0.05) is 0 Å². The number of hydrogen-bond acceptors (Lipinski definition) is 3. The molecule has 0 radical (unpaired) electrons. The summed E-state index contributed by atoms with van der Waals surface area (Å²) in [5, 5.41) is 9.56. The number of hydrogen-bond donors (Lipinski definition) is 2. The molecule has 0 aliphatic carbocycles. The van der Waals surface area contributed by atoms with Gasteiger partial charge in [0.1, 0.15) is 0 Å². The minimum atomic E-state index is -0.137. The summed E-state index contributed by atoms with van der Waals surface area (Å²) in [5.74, 6) is -0.132. The highest BCUT2D eigenvalue weighted by Crippen LogP contribution is 2.10. The third kappa shape index (κ3) is 3.51. The minimum Gasteiger partial charge on any atom is -0.326 e. The molecular formula is C14H15N3O2. The van der Waals surface area contributed by atoms with E-state index in [2.05, 4.69) is 15.5 Å². The predicted molar refractivity (Wildman–Crippen MR) is 72.1 cm³/mol. The summed E-state index contributed by atoms with van der Waals surface area (Å²) < 4.78 is 0. The number of carbonyl (C=O) groups is 2. The maximum Gasteiger partial charge on any atom is 0.230 e. The maximum absolute atomic E-state index is 11.8. The molecule has 1 amide bonds. The van der Waals surface area contributed by atoms with E-state index in [0.29, 0.717) is 16.9 Å². The number of amides is 1. The van der Waals surface area contributed by atoms with Gasteiger partial charge in [0.05, 0.1) is 12.1 Å². The van der Waals surface area contributed by atoms with E-state index in [1.54, 1.807) is 24.3 Å². The van der Waals surface area contributed by atoms with Crippen LogP contribution in [-0.2, 0) is 11.2 Å². The van der Waals surface area contributed by atoms with Crippen LogP contribution in [0.5, 0.6) is 0 Å². The molecule has 0 fully saturated rings. The Labute approximate surface area is 111 Å². The first kappa shape index (κ1) is 13.0. The van der Waals surface area contributed by atoms with Crippen LogP contribution in [0.4, 0.5) is 5.69 Å². The number of Topliss-reactive ketones (excluding diaryl/α,β-unsaturated/α-hetero) is 1. The van der Waals surface area contributed by atoms with Crippen molar-refractivity contribution in [2.75, 3.05) is 5.32 Å². The van der Waals surface area contributed by atoms with Crippen molar-refractivity contribution in [2.24, 2.45) is 0 Å². The smallest absolute Gasteiger partial charge is 0.230 e. The fourth-order valence-corrected chi connectivity index (χ4v) is 1.72. The van der Waals surface area contributed by atoms with E-state index in [4.69, 9.17) is 0 Å². The van der Waals surface area contributed by atoms with Crippen LogP contribution in [0.3, 0.4) is 0 Å². The normalized spacial score (nSPS) is 10.2. The molecule has 2 aromatic rings. The summed E-state index contributed by atoms with van der Waals surface area (Å²) in [4.78, 5) is 22.9. The lowest BCUT2D eigenvalue weighted by Gasteiger charge is -2.04. The van der Waals surface area contributed by atoms with Gasteiger partial charge in [0, 0.05) is 16.9 Å². The average Bonchev–Trinajstić information content (AvgIpc) is 2.75. The van der Waals surface area contributed by atoms with Crippen molar-refractivity contribution in [3.63, 3.8) is 0 Å². The average molecular weight is 257 g/mol. The van der Waals surface area contributed by atoms with Crippen LogP contribution < -0.4 is 5.32 Å². The molecule has 5 nitrogen and oxygen atoms in total. The minimum absolute atomic E-state index is 0.00451. The number of rotatable bonds is 4. The molecule has 0 bridgehead atoms. The Kier molecular flexibility index (Phi) is 3.75. The first-order valence-electron chi connectivity index (χ1n) is 5.96.